The maximum atomic E-state index is 12.2. The SMILES string of the molecule is CCc1cnc(-c2ccccc2OC(F)F)s1. The first-order chi connectivity index (χ1) is 8.20. The van der Waals surface area contributed by atoms with Crippen molar-refractivity contribution in [2.24, 2.45) is 0 Å². The summed E-state index contributed by atoms with van der Waals surface area (Å²) in [6.45, 7) is -0.791. The molecule has 1 heterocycles. The second-order valence-corrected chi connectivity index (χ2v) is 4.48. The van der Waals surface area contributed by atoms with Gasteiger partial charge in [0.2, 0.25) is 0 Å². The van der Waals surface area contributed by atoms with Crippen LogP contribution in [-0.4, -0.2) is 11.6 Å². The van der Waals surface area contributed by atoms with Gasteiger partial charge in [-0.2, -0.15) is 8.78 Å². The number of nitrogens with zero attached hydrogens (tertiary/aromatic N) is 1. The van der Waals surface area contributed by atoms with Gasteiger partial charge in [0.1, 0.15) is 10.8 Å². The average Bonchev–Trinajstić information content (AvgIpc) is 2.77. The van der Waals surface area contributed by atoms with E-state index in [1.807, 2.05) is 6.92 Å². The van der Waals surface area contributed by atoms with Crippen LogP contribution >= 0.6 is 11.3 Å². The van der Waals surface area contributed by atoms with Crippen LogP contribution in [0.5, 0.6) is 5.75 Å². The maximum Gasteiger partial charge on any atom is 0.387 e. The minimum Gasteiger partial charge on any atom is -0.434 e. The molecule has 2 nitrogen and oxygen atoms in total. The van der Waals surface area contributed by atoms with Crippen LogP contribution in [0.1, 0.15) is 11.8 Å². The molecule has 2 aromatic rings. The number of aryl methyl sites for hydroxylation is 1. The molecule has 0 aliphatic rings. The number of hydrogen-bond donors (Lipinski definition) is 0. The van der Waals surface area contributed by atoms with E-state index >= 15 is 0 Å². The lowest BCUT2D eigenvalue weighted by molar-refractivity contribution is -0.0494. The van der Waals surface area contributed by atoms with Crippen LogP contribution in [0.2, 0.25) is 0 Å². The Morgan fingerprint density at radius 3 is 2.76 bits per heavy atom. The average molecular weight is 255 g/mol. The van der Waals surface area contributed by atoms with Crippen molar-refractivity contribution in [2.75, 3.05) is 0 Å². The zero-order valence-electron chi connectivity index (χ0n) is 9.19. The first-order valence-corrected chi connectivity index (χ1v) is 6.01. The molecular formula is C12H11F2NOS. The summed E-state index contributed by atoms with van der Waals surface area (Å²) in [6, 6.07) is 6.70. The lowest BCUT2D eigenvalue weighted by atomic mass is 10.2. The molecule has 0 amide bonds. The number of alkyl halides is 2. The summed E-state index contributed by atoms with van der Waals surface area (Å²) in [5, 5.41) is 0.707. The van der Waals surface area contributed by atoms with E-state index in [1.54, 1.807) is 24.4 Å². The molecule has 0 bridgehead atoms. The molecule has 5 heteroatoms. The third-order valence-electron chi connectivity index (χ3n) is 2.24. The van der Waals surface area contributed by atoms with Crippen LogP contribution in [-0.2, 0) is 6.42 Å². The zero-order valence-corrected chi connectivity index (χ0v) is 10.0. The van der Waals surface area contributed by atoms with E-state index in [0.717, 1.165) is 11.3 Å². The number of halogens is 2. The predicted molar refractivity (Wildman–Crippen MR) is 63.6 cm³/mol. The molecule has 17 heavy (non-hydrogen) atoms. The number of thiazole rings is 1. The van der Waals surface area contributed by atoms with Crippen LogP contribution in [0, 0.1) is 0 Å². The van der Waals surface area contributed by atoms with Crippen molar-refractivity contribution in [1.29, 1.82) is 0 Å². The lowest BCUT2D eigenvalue weighted by Crippen LogP contribution is -2.02. The highest BCUT2D eigenvalue weighted by Gasteiger charge is 2.13. The van der Waals surface area contributed by atoms with Crippen molar-refractivity contribution >= 4 is 11.3 Å². The molecule has 2 rings (SSSR count). The Morgan fingerprint density at radius 1 is 1.35 bits per heavy atom. The standard InChI is InChI=1S/C12H11F2NOS/c1-2-8-7-15-11(17-8)9-5-3-4-6-10(9)16-12(13)14/h3-7,12H,2H2,1H3. The smallest absolute Gasteiger partial charge is 0.387 e. The van der Waals surface area contributed by atoms with E-state index in [4.69, 9.17) is 0 Å². The molecular weight excluding hydrogens is 244 g/mol. The van der Waals surface area contributed by atoms with Gasteiger partial charge in [-0.15, -0.1) is 11.3 Å². The largest absolute Gasteiger partial charge is 0.434 e. The van der Waals surface area contributed by atoms with Gasteiger partial charge in [-0.1, -0.05) is 19.1 Å². The van der Waals surface area contributed by atoms with Gasteiger partial charge in [0.15, 0.2) is 0 Å². The van der Waals surface area contributed by atoms with Gasteiger partial charge < -0.3 is 4.74 Å². The summed E-state index contributed by atoms with van der Waals surface area (Å²) in [7, 11) is 0. The number of benzene rings is 1. The topological polar surface area (TPSA) is 22.1 Å². The molecule has 0 fully saturated rings. The van der Waals surface area contributed by atoms with Gasteiger partial charge in [-0.3, -0.25) is 0 Å². The molecule has 1 aromatic heterocycles. The van der Waals surface area contributed by atoms with Gasteiger partial charge >= 0.3 is 6.61 Å². The first kappa shape index (κ1) is 12.0. The van der Waals surface area contributed by atoms with E-state index in [-0.39, 0.29) is 5.75 Å². The number of rotatable bonds is 4. The van der Waals surface area contributed by atoms with E-state index in [0.29, 0.717) is 10.6 Å². The van der Waals surface area contributed by atoms with E-state index in [2.05, 4.69) is 9.72 Å². The third-order valence-corrected chi connectivity index (χ3v) is 3.41. The number of aromatic nitrogens is 1. The molecule has 0 atom stereocenters. The highest BCUT2D eigenvalue weighted by atomic mass is 32.1. The fourth-order valence-electron chi connectivity index (χ4n) is 1.44. The zero-order chi connectivity index (χ0) is 12.3. The summed E-state index contributed by atoms with van der Waals surface area (Å²) in [4.78, 5) is 5.34. The quantitative estimate of drug-likeness (QED) is 0.824. The lowest BCUT2D eigenvalue weighted by Gasteiger charge is -2.07. The second kappa shape index (κ2) is 5.23. The molecule has 0 aliphatic heterocycles. The van der Waals surface area contributed by atoms with Crippen molar-refractivity contribution < 1.29 is 13.5 Å². The number of ether oxygens (including phenoxy) is 1. The Bertz CT molecular complexity index is 499. The summed E-state index contributed by atoms with van der Waals surface area (Å²) < 4.78 is 29.0. The second-order valence-electron chi connectivity index (χ2n) is 3.36. The monoisotopic (exact) mass is 255 g/mol. The van der Waals surface area contributed by atoms with Gasteiger partial charge in [0, 0.05) is 11.1 Å². The van der Waals surface area contributed by atoms with Crippen LogP contribution in [0.25, 0.3) is 10.6 Å². The number of para-hydroxylation sites is 1. The Labute approximate surface area is 102 Å². The summed E-state index contributed by atoms with van der Waals surface area (Å²) >= 11 is 1.49. The Balaban J connectivity index is 2.36. The maximum absolute atomic E-state index is 12.2. The minimum absolute atomic E-state index is 0.166. The number of hydrogen-bond acceptors (Lipinski definition) is 3. The van der Waals surface area contributed by atoms with E-state index < -0.39 is 6.61 Å². The first-order valence-electron chi connectivity index (χ1n) is 5.19. The van der Waals surface area contributed by atoms with Gasteiger partial charge in [-0.25, -0.2) is 4.98 Å². The fraction of sp³-hybridized carbons (Fsp3) is 0.250. The Hall–Kier alpha value is -1.49. The van der Waals surface area contributed by atoms with Gasteiger partial charge in [0.25, 0.3) is 0 Å². The van der Waals surface area contributed by atoms with Crippen LogP contribution in [0.15, 0.2) is 30.5 Å². The van der Waals surface area contributed by atoms with E-state index in [1.165, 1.54) is 17.4 Å². The highest BCUT2D eigenvalue weighted by Crippen LogP contribution is 2.33. The molecule has 0 saturated carbocycles. The molecule has 0 saturated heterocycles. The van der Waals surface area contributed by atoms with Gasteiger partial charge in [0.05, 0.1) is 5.56 Å². The summed E-state index contributed by atoms with van der Waals surface area (Å²) in [5.74, 6) is 0.166. The molecule has 0 aliphatic carbocycles. The fourth-order valence-corrected chi connectivity index (χ4v) is 2.32. The van der Waals surface area contributed by atoms with Crippen molar-refractivity contribution in [3.05, 3.63) is 35.3 Å². The van der Waals surface area contributed by atoms with Gasteiger partial charge in [-0.05, 0) is 18.6 Å². The van der Waals surface area contributed by atoms with Crippen molar-refractivity contribution in [2.45, 2.75) is 20.0 Å². The van der Waals surface area contributed by atoms with E-state index in [9.17, 15) is 8.78 Å². The summed E-state index contributed by atoms with van der Waals surface area (Å²) in [5.41, 5.74) is 0.609. The van der Waals surface area contributed by atoms with Crippen LogP contribution in [0.4, 0.5) is 8.78 Å². The van der Waals surface area contributed by atoms with Crippen molar-refractivity contribution in [1.82, 2.24) is 4.98 Å². The highest BCUT2D eigenvalue weighted by molar-refractivity contribution is 7.15. The third kappa shape index (κ3) is 2.79. The molecule has 0 spiro atoms. The minimum atomic E-state index is -2.82. The van der Waals surface area contributed by atoms with Crippen molar-refractivity contribution in [3.8, 4) is 16.3 Å². The predicted octanol–water partition coefficient (Wildman–Crippen LogP) is 3.97. The van der Waals surface area contributed by atoms with Crippen molar-refractivity contribution in [3.63, 3.8) is 0 Å². The van der Waals surface area contributed by atoms with Crippen LogP contribution < -0.4 is 4.74 Å². The molecule has 0 radical (unpaired) electrons. The normalized spacial score (nSPS) is 10.8. The Morgan fingerprint density at radius 2 is 2.12 bits per heavy atom. The van der Waals surface area contributed by atoms with Crippen LogP contribution in [0.3, 0.4) is 0 Å². The summed E-state index contributed by atoms with van der Waals surface area (Å²) in [6.07, 6.45) is 2.65. The molecule has 1 aromatic carbocycles. The molecule has 90 valence electrons. The Kier molecular flexibility index (Phi) is 3.68. The molecule has 0 unspecified atom stereocenters. The molecule has 0 N–H and O–H groups in total.